The highest BCUT2D eigenvalue weighted by Crippen LogP contribution is 2.44. The lowest BCUT2D eigenvalue weighted by Crippen LogP contribution is -2.41. The van der Waals surface area contributed by atoms with Crippen molar-refractivity contribution in [2.24, 2.45) is 5.92 Å². The number of para-hydroxylation sites is 1. The van der Waals surface area contributed by atoms with Crippen molar-refractivity contribution in [1.29, 1.82) is 0 Å². The summed E-state index contributed by atoms with van der Waals surface area (Å²) in [6.07, 6.45) is 1.61. The van der Waals surface area contributed by atoms with Crippen LogP contribution in [0.15, 0.2) is 24.3 Å². The van der Waals surface area contributed by atoms with Crippen molar-refractivity contribution in [1.82, 2.24) is 4.98 Å². The smallest absolute Gasteiger partial charge is 0.312 e. The second-order valence-electron chi connectivity index (χ2n) is 5.74. The zero-order valence-electron chi connectivity index (χ0n) is 11.4. The van der Waals surface area contributed by atoms with E-state index in [1.807, 2.05) is 19.1 Å². The Balaban J connectivity index is 1.91. The minimum atomic E-state index is -0.597. The van der Waals surface area contributed by atoms with Crippen LogP contribution in [0.3, 0.4) is 0 Å². The normalized spacial score (nSPS) is 29.4. The largest absolute Gasteiger partial charge is 0.465 e. The van der Waals surface area contributed by atoms with Crippen LogP contribution < -0.4 is 0 Å². The van der Waals surface area contributed by atoms with Gasteiger partial charge in [0, 0.05) is 10.9 Å². The molecular formula is C16H17NO3. The molecular weight excluding hydrogens is 254 g/mol. The Labute approximate surface area is 117 Å². The highest BCUT2D eigenvalue weighted by atomic mass is 16.5. The Morgan fingerprint density at radius 2 is 2.15 bits per heavy atom. The summed E-state index contributed by atoms with van der Waals surface area (Å²) in [5.74, 6) is -0.353. The average molecular weight is 271 g/mol. The zero-order valence-corrected chi connectivity index (χ0v) is 11.4. The number of H-pyrrole nitrogens is 1. The van der Waals surface area contributed by atoms with E-state index in [-0.39, 0.29) is 11.9 Å². The highest BCUT2D eigenvalue weighted by Gasteiger charge is 2.49. The summed E-state index contributed by atoms with van der Waals surface area (Å²) < 4.78 is 11.2. The fourth-order valence-electron chi connectivity index (χ4n) is 3.59. The number of ether oxygens (including phenoxy) is 2. The molecule has 2 atom stereocenters. The van der Waals surface area contributed by atoms with Gasteiger partial charge in [-0.3, -0.25) is 4.79 Å². The quantitative estimate of drug-likeness (QED) is 0.811. The van der Waals surface area contributed by atoms with Crippen LogP contribution in [0.5, 0.6) is 0 Å². The molecule has 0 bridgehead atoms. The van der Waals surface area contributed by atoms with Gasteiger partial charge in [0.1, 0.15) is 5.60 Å². The van der Waals surface area contributed by atoms with Crippen LogP contribution in [0.1, 0.15) is 24.6 Å². The summed E-state index contributed by atoms with van der Waals surface area (Å²) in [6.45, 7) is 3.16. The summed E-state index contributed by atoms with van der Waals surface area (Å²) in [6, 6.07) is 8.27. The number of rotatable bonds is 1. The van der Waals surface area contributed by atoms with Gasteiger partial charge in [0.15, 0.2) is 0 Å². The van der Waals surface area contributed by atoms with E-state index in [4.69, 9.17) is 9.47 Å². The molecule has 1 N–H and O–H groups in total. The Bertz CT molecular complexity index is 690. The first-order chi connectivity index (χ1) is 9.70. The van der Waals surface area contributed by atoms with Gasteiger partial charge in [-0.2, -0.15) is 0 Å². The first-order valence-corrected chi connectivity index (χ1v) is 7.11. The first kappa shape index (κ1) is 12.0. The standard InChI is InChI=1S/C16H17NO3/c1-16(12-7-8-19-15(12)18)14-11(6-9-20-16)10-4-2-3-5-13(10)17-14/h2-5,12,17H,6-9H2,1H3/t12-,16-/m0/s1. The van der Waals surface area contributed by atoms with Crippen LogP contribution in [-0.2, 0) is 26.3 Å². The molecule has 0 aliphatic carbocycles. The summed E-state index contributed by atoms with van der Waals surface area (Å²) >= 11 is 0. The number of aromatic nitrogens is 1. The second kappa shape index (κ2) is 4.09. The number of benzene rings is 1. The predicted molar refractivity (Wildman–Crippen MR) is 74.4 cm³/mol. The molecule has 0 spiro atoms. The molecule has 104 valence electrons. The average Bonchev–Trinajstić information content (AvgIpc) is 3.04. The molecule has 0 amide bonds. The molecule has 1 aromatic carbocycles. The van der Waals surface area contributed by atoms with Crippen molar-refractivity contribution in [3.63, 3.8) is 0 Å². The molecule has 2 aliphatic rings. The van der Waals surface area contributed by atoms with E-state index in [0.29, 0.717) is 13.2 Å². The SMILES string of the molecule is C[C@@]1([C@H]2CCOC2=O)OCCc2c1[nH]c1ccccc21. The van der Waals surface area contributed by atoms with Gasteiger partial charge in [0.05, 0.1) is 24.8 Å². The van der Waals surface area contributed by atoms with Crippen LogP contribution in [0.2, 0.25) is 0 Å². The maximum Gasteiger partial charge on any atom is 0.312 e. The fourth-order valence-corrected chi connectivity index (χ4v) is 3.59. The lowest BCUT2D eigenvalue weighted by Gasteiger charge is -2.37. The van der Waals surface area contributed by atoms with E-state index in [0.717, 1.165) is 24.1 Å². The van der Waals surface area contributed by atoms with Crippen LogP contribution >= 0.6 is 0 Å². The van der Waals surface area contributed by atoms with Gasteiger partial charge < -0.3 is 14.5 Å². The molecule has 1 saturated heterocycles. The third-order valence-corrected chi connectivity index (χ3v) is 4.66. The van der Waals surface area contributed by atoms with Gasteiger partial charge in [-0.15, -0.1) is 0 Å². The number of cyclic esters (lactones) is 1. The van der Waals surface area contributed by atoms with Gasteiger partial charge in [0.25, 0.3) is 0 Å². The number of hydrogen-bond acceptors (Lipinski definition) is 3. The molecule has 2 aliphatic heterocycles. The maximum atomic E-state index is 12.0. The molecule has 20 heavy (non-hydrogen) atoms. The second-order valence-corrected chi connectivity index (χ2v) is 5.74. The fraction of sp³-hybridized carbons (Fsp3) is 0.438. The molecule has 0 saturated carbocycles. The van der Waals surface area contributed by atoms with E-state index in [1.165, 1.54) is 10.9 Å². The van der Waals surface area contributed by atoms with Crippen molar-refractivity contribution in [3.05, 3.63) is 35.5 Å². The maximum absolute atomic E-state index is 12.0. The lowest BCUT2D eigenvalue weighted by molar-refractivity contribution is -0.154. The lowest BCUT2D eigenvalue weighted by atomic mass is 9.81. The highest BCUT2D eigenvalue weighted by molar-refractivity contribution is 5.86. The number of aromatic amines is 1. The Morgan fingerprint density at radius 3 is 2.95 bits per heavy atom. The van der Waals surface area contributed by atoms with Crippen molar-refractivity contribution < 1.29 is 14.3 Å². The molecule has 4 nitrogen and oxygen atoms in total. The van der Waals surface area contributed by atoms with Crippen molar-refractivity contribution in [3.8, 4) is 0 Å². The summed E-state index contributed by atoms with van der Waals surface area (Å²) in [5, 5.41) is 1.24. The Morgan fingerprint density at radius 1 is 1.30 bits per heavy atom. The molecule has 3 heterocycles. The van der Waals surface area contributed by atoms with Gasteiger partial charge >= 0.3 is 5.97 Å². The topological polar surface area (TPSA) is 51.3 Å². The first-order valence-electron chi connectivity index (χ1n) is 7.11. The monoisotopic (exact) mass is 271 g/mol. The van der Waals surface area contributed by atoms with E-state index >= 15 is 0 Å². The van der Waals surface area contributed by atoms with E-state index in [2.05, 4.69) is 17.1 Å². The minimum Gasteiger partial charge on any atom is -0.465 e. The van der Waals surface area contributed by atoms with Crippen LogP contribution in [0.25, 0.3) is 10.9 Å². The van der Waals surface area contributed by atoms with E-state index < -0.39 is 5.60 Å². The van der Waals surface area contributed by atoms with Crippen LogP contribution in [0, 0.1) is 5.92 Å². The number of carbonyl (C=O) groups is 1. The predicted octanol–water partition coefficient (Wildman–Crippen LogP) is 2.52. The summed E-state index contributed by atoms with van der Waals surface area (Å²) in [5.41, 5.74) is 2.85. The zero-order chi connectivity index (χ0) is 13.7. The van der Waals surface area contributed by atoms with Crippen molar-refractivity contribution >= 4 is 16.9 Å². The van der Waals surface area contributed by atoms with Gasteiger partial charge in [-0.05, 0) is 31.4 Å². The Kier molecular flexibility index (Phi) is 2.45. The number of esters is 1. The van der Waals surface area contributed by atoms with Crippen LogP contribution in [0.4, 0.5) is 0 Å². The third kappa shape index (κ3) is 1.48. The summed E-state index contributed by atoms with van der Waals surface area (Å²) in [7, 11) is 0. The third-order valence-electron chi connectivity index (χ3n) is 4.66. The van der Waals surface area contributed by atoms with Crippen molar-refractivity contribution in [2.75, 3.05) is 13.2 Å². The number of carbonyl (C=O) groups excluding carboxylic acids is 1. The molecule has 4 rings (SSSR count). The molecule has 4 heteroatoms. The molecule has 2 aromatic rings. The minimum absolute atomic E-state index is 0.140. The molecule has 0 radical (unpaired) electrons. The van der Waals surface area contributed by atoms with Gasteiger partial charge in [-0.1, -0.05) is 18.2 Å². The number of fused-ring (bicyclic) bond motifs is 3. The molecule has 0 unspecified atom stereocenters. The number of nitrogens with one attached hydrogen (secondary N) is 1. The molecule has 1 fully saturated rings. The van der Waals surface area contributed by atoms with Crippen LogP contribution in [-0.4, -0.2) is 24.2 Å². The number of hydrogen-bond donors (Lipinski definition) is 1. The van der Waals surface area contributed by atoms with Crippen molar-refractivity contribution in [2.45, 2.75) is 25.4 Å². The Hall–Kier alpha value is -1.81. The molecule has 1 aromatic heterocycles. The van der Waals surface area contributed by atoms with Gasteiger partial charge in [0.2, 0.25) is 0 Å². The van der Waals surface area contributed by atoms with E-state index in [9.17, 15) is 4.79 Å². The van der Waals surface area contributed by atoms with E-state index in [1.54, 1.807) is 0 Å². The summed E-state index contributed by atoms with van der Waals surface area (Å²) in [4.78, 5) is 15.5. The van der Waals surface area contributed by atoms with Gasteiger partial charge in [-0.25, -0.2) is 0 Å².